The molecule has 0 fully saturated rings. The van der Waals surface area contributed by atoms with Crippen molar-refractivity contribution >= 4 is 5.78 Å². The minimum absolute atomic E-state index is 0.0251. The number of benzene rings is 1. The minimum Gasteiger partial charge on any atom is -0.299 e. The number of rotatable bonds is 5. The molecule has 0 N–H and O–H groups in total. The third-order valence-electron chi connectivity index (χ3n) is 3.20. The second-order valence-corrected chi connectivity index (χ2v) is 4.62. The second-order valence-electron chi connectivity index (χ2n) is 4.62. The van der Waals surface area contributed by atoms with Gasteiger partial charge in [0, 0.05) is 25.6 Å². The predicted molar refractivity (Wildman–Crippen MR) is 71.4 cm³/mol. The number of ketones is 1. The molecule has 0 aliphatic heterocycles. The molecular formula is C15H18N2O. The van der Waals surface area contributed by atoms with Crippen molar-refractivity contribution < 1.29 is 4.79 Å². The van der Waals surface area contributed by atoms with Crippen LogP contribution >= 0.6 is 0 Å². The van der Waals surface area contributed by atoms with Crippen LogP contribution in [0, 0.1) is 0 Å². The number of Topliss-reactive ketones (excluding diaryl/α,β-unsaturated/α-hetero) is 1. The Morgan fingerprint density at radius 1 is 1.33 bits per heavy atom. The van der Waals surface area contributed by atoms with Crippen molar-refractivity contribution in [3.05, 3.63) is 53.9 Å². The zero-order chi connectivity index (χ0) is 13.0. The molecule has 0 aliphatic carbocycles. The number of nitrogens with zero attached hydrogens (tertiary/aromatic N) is 2. The summed E-state index contributed by atoms with van der Waals surface area (Å²) in [5.74, 6) is 0.257. The number of hydrogen-bond acceptors (Lipinski definition) is 2. The summed E-state index contributed by atoms with van der Waals surface area (Å²) in [7, 11) is 1.89. The van der Waals surface area contributed by atoms with Crippen molar-refractivity contribution in [1.29, 1.82) is 0 Å². The second kappa shape index (κ2) is 5.63. The summed E-state index contributed by atoms with van der Waals surface area (Å²) >= 11 is 0. The largest absolute Gasteiger partial charge is 0.299 e. The molecule has 3 nitrogen and oxygen atoms in total. The van der Waals surface area contributed by atoms with Gasteiger partial charge in [0.2, 0.25) is 0 Å². The van der Waals surface area contributed by atoms with E-state index in [1.165, 1.54) is 0 Å². The maximum absolute atomic E-state index is 12.1. The Kier molecular flexibility index (Phi) is 3.92. The van der Waals surface area contributed by atoms with Crippen LogP contribution in [0.5, 0.6) is 0 Å². The van der Waals surface area contributed by atoms with Crippen molar-refractivity contribution in [2.75, 3.05) is 0 Å². The lowest BCUT2D eigenvalue weighted by Crippen LogP contribution is -2.09. The Hall–Kier alpha value is -1.90. The van der Waals surface area contributed by atoms with E-state index in [0.717, 1.165) is 17.5 Å². The lowest BCUT2D eigenvalue weighted by atomic mass is 9.93. The zero-order valence-corrected chi connectivity index (χ0v) is 10.8. The molecule has 2 rings (SSSR count). The molecule has 0 saturated heterocycles. The summed E-state index contributed by atoms with van der Waals surface area (Å²) in [6, 6.07) is 9.93. The van der Waals surface area contributed by atoms with Crippen LogP contribution in [0.15, 0.2) is 42.7 Å². The van der Waals surface area contributed by atoms with Gasteiger partial charge in [0.1, 0.15) is 5.78 Å². The van der Waals surface area contributed by atoms with Crippen LogP contribution in [-0.2, 0) is 18.3 Å². The molecule has 1 unspecified atom stereocenters. The highest BCUT2D eigenvalue weighted by molar-refractivity contribution is 5.85. The molecule has 1 aromatic heterocycles. The van der Waals surface area contributed by atoms with Crippen LogP contribution in [0.25, 0.3) is 0 Å². The lowest BCUT2D eigenvalue weighted by molar-refractivity contribution is -0.120. The van der Waals surface area contributed by atoms with E-state index in [-0.39, 0.29) is 11.7 Å². The fraction of sp³-hybridized carbons (Fsp3) is 0.333. The molecule has 0 saturated carbocycles. The maximum Gasteiger partial charge on any atom is 0.140 e. The van der Waals surface area contributed by atoms with Crippen LogP contribution in [0.3, 0.4) is 0 Å². The number of aromatic nitrogens is 2. The average Bonchev–Trinajstić information content (AvgIpc) is 2.82. The van der Waals surface area contributed by atoms with Gasteiger partial charge in [-0.1, -0.05) is 37.3 Å². The Morgan fingerprint density at radius 2 is 2.06 bits per heavy atom. The van der Waals surface area contributed by atoms with Gasteiger partial charge in [-0.15, -0.1) is 0 Å². The van der Waals surface area contributed by atoms with Crippen molar-refractivity contribution in [3.8, 4) is 0 Å². The van der Waals surface area contributed by atoms with Gasteiger partial charge in [-0.25, -0.2) is 0 Å². The molecular weight excluding hydrogens is 224 g/mol. The van der Waals surface area contributed by atoms with Crippen molar-refractivity contribution in [2.24, 2.45) is 7.05 Å². The standard InChI is InChI=1S/C15H18N2O/c1-12(14-6-4-3-5-7-14)15(18)9-8-13-10-16-17(2)11-13/h3-7,10-12H,8-9H2,1-2H3. The predicted octanol–water partition coefficient (Wildman–Crippen LogP) is 2.73. The van der Waals surface area contributed by atoms with Crippen LogP contribution in [-0.4, -0.2) is 15.6 Å². The fourth-order valence-corrected chi connectivity index (χ4v) is 2.01. The Bertz CT molecular complexity index is 516. The van der Waals surface area contributed by atoms with E-state index in [4.69, 9.17) is 0 Å². The molecule has 1 aromatic carbocycles. The van der Waals surface area contributed by atoms with Crippen molar-refractivity contribution in [1.82, 2.24) is 9.78 Å². The first-order valence-corrected chi connectivity index (χ1v) is 6.22. The summed E-state index contributed by atoms with van der Waals surface area (Å²) in [5, 5.41) is 4.10. The van der Waals surface area contributed by atoms with E-state index < -0.39 is 0 Å². The fourth-order valence-electron chi connectivity index (χ4n) is 2.01. The van der Waals surface area contributed by atoms with E-state index in [1.54, 1.807) is 4.68 Å². The van der Waals surface area contributed by atoms with Gasteiger partial charge in [-0.2, -0.15) is 5.10 Å². The molecule has 1 heterocycles. The van der Waals surface area contributed by atoms with Gasteiger partial charge in [0.15, 0.2) is 0 Å². The van der Waals surface area contributed by atoms with Gasteiger partial charge in [0.25, 0.3) is 0 Å². The highest BCUT2D eigenvalue weighted by atomic mass is 16.1. The number of carbonyl (C=O) groups is 1. The third kappa shape index (κ3) is 3.06. The third-order valence-corrected chi connectivity index (χ3v) is 3.20. The summed E-state index contributed by atoms with van der Waals surface area (Å²) in [4.78, 5) is 12.1. The summed E-state index contributed by atoms with van der Waals surface area (Å²) < 4.78 is 1.76. The monoisotopic (exact) mass is 242 g/mol. The van der Waals surface area contributed by atoms with E-state index in [2.05, 4.69) is 5.10 Å². The minimum atomic E-state index is -0.0251. The van der Waals surface area contributed by atoms with E-state index in [1.807, 2.05) is 56.7 Å². The number of carbonyl (C=O) groups excluding carboxylic acids is 1. The maximum atomic E-state index is 12.1. The van der Waals surface area contributed by atoms with Crippen molar-refractivity contribution in [3.63, 3.8) is 0 Å². The first kappa shape index (κ1) is 12.6. The Balaban J connectivity index is 1.92. The molecule has 3 heteroatoms. The molecule has 18 heavy (non-hydrogen) atoms. The number of hydrogen-bond donors (Lipinski definition) is 0. The van der Waals surface area contributed by atoms with Gasteiger partial charge >= 0.3 is 0 Å². The normalized spacial score (nSPS) is 12.3. The molecule has 0 spiro atoms. The van der Waals surface area contributed by atoms with Crippen LogP contribution in [0.1, 0.15) is 30.4 Å². The quantitative estimate of drug-likeness (QED) is 0.808. The van der Waals surface area contributed by atoms with E-state index in [9.17, 15) is 4.79 Å². The number of aryl methyl sites for hydroxylation is 2. The summed E-state index contributed by atoms with van der Waals surface area (Å²) in [5.41, 5.74) is 2.21. The van der Waals surface area contributed by atoms with Gasteiger partial charge < -0.3 is 0 Å². The molecule has 1 atom stereocenters. The highest BCUT2D eigenvalue weighted by Gasteiger charge is 2.14. The van der Waals surface area contributed by atoms with Crippen LogP contribution in [0.2, 0.25) is 0 Å². The molecule has 0 aliphatic rings. The summed E-state index contributed by atoms with van der Waals surface area (Å²) in [6.07, 6.45) is 5.12. The topological polar surface area (TPSA) is 34.9 Å². The molecule has 0 bridgehead atoms. The molecule has 0 radical (unpaired) electrons. The first-order valence-electron chi connectivity index (χ1n) is 6.22. The molecule has 94 valence electrons. The van der Waals surface area contributed by atoms with Crippen LogP contribution in [0.4, 0.5) is 0 Å². The van der Waals surface area contributed by atoms with E-state index in [0.29, 0.717) is 6.42 Å². The lowest BCUT2D eigenvalue weighted by Gasteiger charge is -2.10. The van der Waals surface area contributed by atoms with E-state index >= 15 is 0 Å². The average molecular weight is 242 g/mol. The smallest absolute Gasteiger partial charge is 0.140 e. The van der Waals surface area contributed by atoms with Crippen LogP contribution < -0.4 is 0 Å². The first-order chi connectivity index (χ1) is 8.66. The highest BCUT2D eigenvalue weighted by Crippen LogP contribution is 2.18. The SMILES string of the molecule is CC(C(=O)CCc1cnn(C)c1)c1ccccc1. The van der Waals surface area contributed by atoms with Gasteiger partial charge in [-0.3, -0.25) is 9.48 Å². The zero-order valence-electron chi connectivity index (χ0n) is 10.8. The molecule has 0 amide bonds. The van der Waals surface area contributed by atoms with Gasteiger partial charge in [0.05, 0.1) is 6.20 Å². The van der Waals surface area contributed by atoms with Gasteiger partial charge in [-0.05, 0) is 17.5 Å². The summed E-state index contributed by atoms with van der Waals surface area (Å²) in [6.45, 7) is 1.97. The Labute approximate surface area is 107 Å². The van der Waals surface area contributed by atoms with Crippen molar-refractivity contribution in [2.45, 2.75) is 25.7 Å². The molecule has 2 aromatic rings. The Morgan fingerprint density at radius 3 is 2.67 bits per heavy atom.